The molecule has 0 aromatic carbocycles. The first-order chi connectivity index (χ1) is 10.0. The van der Waals surface area contributed by atoms with E-state index in [0.717, 1.165) is 6.26 Å². The summed E-state index contributed by atoms with van der Waals surface area (Å²) in [5.74, 6) is -1.76. The average Bonchev–Trinajstić information content (AvgIpc) is 3.05. The fourth-order valence-corrected chi connectivity index (χ4v) is 1.64. The predicted octanol–water partition coefficient (Wildman–Crippen LogP) is 0.823. The maximum Gasteiger partial charge on any atom is 0.360 e. The van der Waals surface area contributed by atoms with Crippen LogP contribution in [0.15, 0.2) is 23.1 Å². The Hall–Kier alpha value is -2.84. The van der Waals surface area contributed by atoms with Gasteiger partial charge in [-0.15, -0.1) is 0 Å². The zero-order valence-electron chi connectivity index (χ0n) is 11.4. The summed E-state index contributed by atoms with van der Waals surface area (Å²) in [5.41, 5.74) is 0.399. The van der Waals surface area contributed by atoms with Gasteiger partial charge in [-0.2, -0.15) is 10.1 Å². The number of carboxylic acids is 1. The number of aliphatic carboxylic acids is 1. The predicted molar refractivity (Wildman–Crippen MR) is 69.7 cm³/mol. The Morgan fingerprint density at radius 1 is 1.57 bits per heavy atom. The summed E-state index contributed by atoms with van der Waals surface area (Å²) in [6.45, 7) is 1.88. The molecule has 0 spiro atoms. The van der Waals surface area contributed by atoms with Crippen LogP contribution >= 0.6 is 0 Å². The van der Waals surface area contributed by atoms with Gasteiger partial charge in [-0.3, -0.25) is 4.68 Å². The number of carbonyl (C=O) groups is 2. The van der Waals surface area contributed by atoms with Gasteiger partial charge >= 0.3 is 11.9 Å². The first kappa shape index (κ1) is 14.6. The number of esters is 1. The van der Waals surface area contributed by atoms with Gasteiger partial charge in [0.2, 0.25) is 0 Å². The third-order valence-corrected chi connectivity index (χ3v) is 2.56. The molecule has 1 atom stereocenters. The van der Waals surface area contributed by atoms with Crippen molar-refractivity contribution in [3.05, 3.63) is 29.9 Å². The van der Waals surface area contributed by atoms with Crippen molar-refractivity contribution in [3.63, 3.8) is 0 Å². The van der Waals surface area contributed by atoms with E-state index < -0.39 is 18.0 Å². The van der Waals surface area contributed by atoms with Gasteiger partial charge in [0.15, 0.2) is 11.7 Å². The van der Waals surface area contributed by atoms with Crippen LogP contribution in [-0.2, 0) is 16.6 Å². The first-order valence-corrected chi connectivity index (χ1v) is 6.11. The Morgan fingerprint density at radius 2 is 2.33 bits per heavy atom. The van der Waals surface area contributed by atoms with Crippen LogP contribution in [0.5, 0.6) is 0 Å². The summed E-state index contributed by atoms with van der Waals surface area (Å²) in [7, 11) is 1.67. The molecule has 2 rings (SSSR count). The molecule has 0 bridgehead atoms. The SMILES string of the molecule is CCOC(=O)c1coc(NC(C(=O)O)c2cnn(C)c2)n1. The fraction of sp³-hybridized carbons (Fsp3) is 0.333. The third-order valence-electron chi connectivity index (χ3n) is 2.56. The lowest BCUT2D eigenvalue weighted by atomic mass is 10.2. The largest absolute Gasteiger partial charge is 0.479 e. The van der Waals surface area contributed by atoms with Crippen LogP contribution < -0.4 is 5.32 Å². The van der Waals surface area contributed by atoms with Gasteiger partial charge in [0, 0.05) is 18.8 Å². The molecule has 0 saturated carbocycles. The van der Waals surface area contributed by atoms with E-state index in [4.69, 9.17) is 9.15 Å². The van der Waals surface area contributed by atoms with Gasteiger partial charge in [0.25, 0.3) is 6.01 Å². The number of carbonyl (C=O) groups excluding carboxylic acids is 1. The minimum atomic E-state index is -1.13. The number of aromatic nitrogens is 3. The van der Waals surface area contributed by atoms with Crippen molar-refractivity contribution < 1.29 is 23.8 Å². The number of hydrogen-bond acceptors (Lipinski definition) is 7. The van der Waals surface area contributed by atoms with Crippen LogP contribution in [0.4, 0.5) is 6.01 Å². The topological polar surface area (TPSA) is 119 Å². The van der Waals surface area contributed by atoms with E-state index in [9.17, 15) is 14.7 Å². The molecule has 0 aliphatic rings. The van der Waals surface area contributed by atoms with Gasteiger partial charge in [0.1, 0.15) is 6.26 Å². The Morgan fingerprint density at radius 3 is 2.90 bits per heavy atom. The number of oxazole rings is 1. The molecular weight excluding hydrogens is 280 g/mol. The van der Waals surface area contributed by atoms with E-state index in [0.29, 0.717) is 5.56 Å². The molecule has 2 aromatic rings. The molecule has 112 valence electrons. The van der Waals surface area contributed by atoms with Crippen LogP contribution in [0, 0.1) is 0 Å². The Kier molecular flexibility index (Phi) is 4.21. The van der Waals surface area contributed by atoms with Crippen LogP contribution in [0.25, 0.3) is 0 Å². The maximum absolute atomic E-state index is 11.4. The normalized spacial score (nSPS) is 11.9. The molecule has 2 heterocycles. The standard InChI is InChI=1S/C12H14N4O5/c1-3-20-11(19)8-6-21-12(14-8)15-9(10(17)18)7-4-13-16(2)5-7/h4-6,9H,3H2,1-2H3,(H,14,15)(H,17,18). The maximum atomic E-state index is 11.4. The number of anilines is 1. The number of carboxylic acid groups (broad SMARTS) is 1. The van der Waals surface area contributed by atoms with E-state index >= 15 is 0 Å². The molecule has 0 radical (unpaired) electrons. The van der Waals surface area contributed by atoms with Gasteiger partial charge in [-0.1, -0.05) is 0 Å². The van der Waals surface area contributed by atoms with E-state index in [1.807, 2.05) is 0 Å². The number of rotatable bonds is 6. The van der Waals surface area contributed by atoms with E-state index in [1.165, 1.54) is 10.9 Å². The molecule has 9 nitrogen and oxygen atoms in total. The van der Waals surface area contributed by atoms with E-state index in [-0.39, 0.29) is 18.3 Å². The highest BCUT2D eigenvalue weighted by Crippen LogP contribution is 2.19. The molecule has 2 N–H and O–H groups in total. The molecule has 21 heavy (non-hydrogen) atoms. The van der Waals surface area contributed by atoms with Crippen molar-refractivity contribution in [2.75, 3.05) is 11.9 Å². The summed E-state index contributed by atoms with van der Waals surface area (Å²) in [4.78, 5) is 26.6. The summed E-state index contributed by atoms with van der Waals surface area (Å²) < 4.78 is 11.3. The lowest BCUT2D eigenvalue weighted by Crippen LogP contribution is -2.20. The third kappa shape index (κ3) is 3.38. The van der Waals surface area contributed by atoms with Crippen molar-refractivity contribution in [1.82, 2.24) is 14.8 Å². The number of nitrogens with zero attached hydrogens (tertiary/aromatic N) is 3. The van der Waals surface area contributed by atoms with Gasteiger partial charge in [-0.05, 0) is 6.92 Å². The van der Waals surface area contributed by atoms with Crippen LogP contribution in [0.2, 0.25) is 0 Å². The highest BCUT2D eigenvalue weighted by atomic mass is 16.5. The molecule has 9 heteroatoms. The van der Waals surface area contributed by atoms with Crippen LogP contribution in [-0.4, -0.2) is 38.4 Å². The van der Waals surface area contributed by atoms with Crippen molar-refractivity contribution in [3.8, 4) is 0 Å². The molecule has 0 amide bonds. The number of ether oxygens (including phenoxy) is 1. The molecule has 0 saturated heterocycles. The molecule has 0 aliphatic heterocycles. The van der Waals surface area contributed by atoms with E-state index in [2.05, 4.69) is 15.4 Å². The zero-order valence-corrected chi connectivity index (χ0v) is 11.4. The lowest BCUT2D eigenvalue weighted by Gasteiger charge is -2.10. The molecule has 0 aliphatic carbocycles. The van der Waals surface area contributed by atoms with Crippen LogP contribution in [0.3, 0.4) is 0 Å². The second kappa shape index (κ2) is 6.07. The van der Waals surface area contributed by atoms with Crippen molar-refractivity contribution in [1.29, 1.82) is 0 Å². The van der Waals surface area contributed by atoms with Crippen LogP contribution in [0.1, 0.15) is 29.0 Å². The first-order valence-electron chi connectivity index (χ1n) is 6.11. The zero-order chi connectivity index (χ0) is 15.4. The smallest absolute Gasteiger partial charge is 0.360 e. The molecule has 2 aromatic heterocycles. The minimum absolute atomic E-state index is 0.0327. The highest BCUT2D eigenvalue weighted by Gasteiger charge is 2.24. The minimum Gasteiger partial charge on any atom is -0.479 e. The number of hydrogen-bond donors (Lipinski definition) is 2. The Balaban J connectivity index is 2.15. The van der Waals surface area contributed by atoms with Gasteiger partial charge in [-0.25, -0.2) is 9.59 Å². The fourth-order valence-electron chi connectivity index (χ4n) is 1.64. The van der Waals surface area contributed by atoms with Crippen molar-refractivity contribution >= 4 is 18.0 Å². The van der Waals surface area contributed by atoms with Crippen molar-refractivity contribution in [2.45, 2.75) is 13.0 Å². The lowest BCUT2D eigenvalue weighted by molar-refractivity contribution is -0.138. The second-order valence-corrected chi connectivity index (χ2v) is 4.12. The average molecular weight is 294 g/mol. The molecule has 1 unspecified atom stereocenters. The number of aryl methyl sites for hydroxylation is 1. The summed E-state index contributed by atoms with van der Waals surface area (Å²) >= 11 is 0. The number of nitrogens with one attached hydrogen (secondary N) is 1. The highest BCUT2D eigenvalue weighted by molar-refractivity contribution is 5.87. The summed E-state index contributed by atoms with van der Waals surface area (Å²) in [6, 6.07) is -1.18. The Labute approximate surface area is 119 Å². The second-order valence-electron chi connectivity index (χ2n) is 4.12. The monoisotopic (exact) mass is 294 g/mol. The van der Waals surface area contributed by atoms with Gasteiger partial charge in [0.05, 0.1) is 12.8 Å². The van der Waals surface area contributed by atoms with Gasteiger partial charge < -0.3 is 19.6 Å². The summed E-state index contributed by atoms with van der Waals surface area (Å²) in [5, 5.41) is 15.7. The summed E-state index contributed by atoms with van der Waals surface area (Å²) in [6.07, 6.45) is 4.07. The quantitative estimate of drug-likeness (QED) is 0.751. The molecular formula is C12H14N4O5. The van der Waals surface area contributed by atoms with Crippen molar-refractivity contribution in [2.24, 2.45) is 7.05 Å². The van der Waals surface area contributed by atoms with E-state index in [1.54, 1.807) is 20.2 Å². The molecule has 0 fully saturated rings. The Bertz CT molecular complexity index is 648.